The maximum Gasteiger partial charge on any atom is 0.211 e. The van der Waals surface area contributed by atoms with Crippen molar-refractivity contribution < 1.29 is 8.42 Å². The van der Waals surface area contributed by atoms with E-state index in [9.17, 15) is 8.42 Å². The van der Waals surface area contributed by atoms with Crippen molar-refractivity contribution in [2.75, 3.05) is 19.3 Å². The lowest BCUT2D eigenvalue weighted by Gasteiger charge is -2.13. The van der Waals surface area contributed by atoms with Gasteiger partial charge in [0.25, 0.3) is 0 Å². The monoisotopic (exact) mass is 349 g/mol. The number of sulfonamides is 1. The summed E-state index contributed by atoms with van der Waals surface area (Å²) in [6.07, 6.45) is 6.41. The van der Waals surface area contributed by atoms with Gasteiger partial charge in [-0.3, -0.25) is 9.67 Å². The molecule has 1 aliphatic heterocycles. The average Bonchev–Trinajstić information content (AvgIpc) is 3.05. The highest BCUT2D eigenvalue weighted by atomic mass is 32.2. The van der Waals surface area contributed by atoms with E-state index in [1.54, 1.807) is 16.7 Å². The van der Waals surface area contributed by atoms with E-state index < -0.39 is 10.0 Å². The maximum atomic E-state index is 11.6. The van der Waals surface area contributed by atoms with Gasteiger partial charge >= 0.3 is 0 Å². The lowest BCUT2D eigenvalue weighted by molar-refractivity contribution is 0.459. The Bertz CT molecular complexity index is 859. The zero-order valence-corrected chi connectivity index (χ0v) is 15.3. The van der Waals surface area contributed by atoms with Crippen LogP contribution in [0.15, 0.2) is 12.4 Å². The van der Waals surface area contributed by atoms with Crippen LogP contribution in [0, 0.1) is 19.8 Å². The zero-order valence-electron chi connectivity index (χ0n) is 14.5. The highest BCUT2D eigenvalue weighted by Gasteiger charge is 2.29. The molecular formula is C16H23N5O2S. The van der Waals surface area contributed by atoms with Gasteiger partial charge in [0.2, 0.25) is 10.0 Å². The van der Waals surface area contributed by atoms with Gasteiger partial charge in [0, 0.05) is 37.6 Å². The molecule has 8 heteroatoms. The summed E-state index contributed by atoms with van der Waals surface area (Å²) in [6.45, 7) is 5.15. The van der Waals surface area contributed by atoms with Crippen molar-refractivity contribution >= 4 is 10.0 Å². The van der Waals surface area contributed by atoms with Crippen LogP contribution in [0.5, 0.6) is 0 Å². The van der Waals surface area contributed by atoms with Gasteiger partial charge < -0.3 is 0 Å². The maximum absolute atomic E-state index is 11.6. The molecule has 130 valence electrons. The molecule has 7 nitrogen and oxygen atoms in total. The number of aryl methyl sites for hydroxylation is 2. The first-order valence-corrected chi connectivity index (χ1v) is 9.87. The van der Waals surface area contributed by atoms with E-state index in [1.807, 2.05) is 25.6 Å². The third kappa shape index (κ3) is 3.34. The first-order valence-electron chi connectivity index (χ1n) is 8.02. The van der Waals surface area contributed by atoms with E-state index in [0.29, 0.717) is 19.0 Å². The largest absolute Gasteiger partial charge is 0.272 e. The molecule has 3 rings (SSSR count). The van der Waals surface area contributed by atoms with E-state index in [1.165, 1.54) is 6.26 Å². The fourth-order valence-electron chi connectivity index (χ4n) is 3.33. The third-order valence-corrected chi connectivity index (χ3v) is 5.93. The molecule has 3 heterocycles. The average molecular weight is 349 g/mol. The van der Waals surface area contributed by atoms with Crippen LogP contribution in [-0.2, 0) is 23.5 Å². The fourth-order valence-corrected chi connectivity index (χ4v) is 4.25. The van der Waals surface area contributed by atoms with Gasteiger partial charge in [-0.05, 0) is 32.6 Å². The molecule has 2 aromatic heterocycles. The molecule has 0 amide bonds. The van der Waals surface area contributed by atoms with E-state index in [0.717, 1.165) is 41.2 Å². The molecule has 1 aliphatic rings. The molecular weight excluding hydrogens is 326 g/mol. The minimum absolute atomic E-state index is 0.292. The molecule has 24 heavy (non-hydrogen) atoms. The van der Waals surface area contributed by atoms with Crippen LogP contribution in [0.25, 0.3) is 11.3 Å². The zero-order chi connectivity index (χ0) is 17.5. The van der Waals surface area contributed by atoms with Crippen molar-refractivity contribution in [1.82, 2.24) is 24.1 Å². The molecule has 0 aromatic carbocycles. The normalized spacial score (nSPS) is 19.1. The topological polar surface area (TPSA) is 81.0 Å². The van der Waals surface area contributed by atoms with Gasteiger partial charge in [-0.15, -0.1) is 0 Å². The predicted molar refractivity (Wildman–Crippen MR) is 91.9 cm³/mol. The summed E-state index contributed by atoms with van der Waals surface area (Å²) in [5.41, 5.74) is 4.74. The Morgan fingerprint density at radius 3 is 2.62 bits per heavy atom. The van der Waals surface area contributed by atoms with Gasteiger partial charge in [-0.1, -0.05) is 0 Å². The molecule has 0 saturated carbocycles. The third-order valence-electron chi connectivity index (χ3n) is 4.67. The van der Waals surface area contributed by atoms with Gasteiger partial charge in [0.15, 0.2) is 0 Å². The Hall–Kier alpha value is -1.80. The summed E-state index contributed by atoms with van der Waals surface area (Å²) in [5.74, 6) is 0.292. The van der Waals surface area contributed by atoms with Crippen LogP contribution in [0.1, 0.15) is 23.5 Å². The lowest BCUT2D eigenvalue weighted by Crippen LogP contribution is -2.27. The Morgan fingerprint density at radius 1 is 1.29 bits per heavy atom. The van der Waals surface area contributed by atoms with E-state index >= 15 is 0 Å². The highest BCUT2D eigenvalue weighted by molar-refractivity contribution is 7.88. The van der Waals surface area contributed by atoms with Gasteiger partial charge in [0.05, 0.1) is 29.5 Å². The van der Waals surface area contributed by atoms with E-state index in [-0.39, 0.29) is 0 Å². The number of aromatic nitrogens is 4. The van der Waals surface area contributed by atoms with Crippen LogP contribution in [-0.4, -0.2) is 51.8 Å². The smallest absolute Gasteiger partial charge is 0.211 e. The molecule has 0 aliphatic carbocycles. The SMILES string of the molecule is Cc1nn(C)c(C)c1-c1cncc(CC2CCN(S(C)(=O)=O)C2)n1. The summed E-state index contributed by atoms with van der Waals surface area (Å²) in [7, 11) is -1.18. The van der Waals surface area contributed by atoms with Gasteiger partial charge in [-0.25, -0.2) is 17.7 Å². The quantitative estimate of drug-likeness (QED) is 0.831. The summed E-state index contributed by atoms with van der Waals surface area (Å²) in [5, 5.41) is 4.43. The number of rotatable bonds is 4. The molecule has 1 saturated heterocycles. The fraction of sp³-hybridized carbons (Fsp3) is 0.562. The van der Waals surface area contributed by atoms with Crippen LogP contribution in [0.3, 0.4) is 0 Å². The van der Waals surface area contributed by atoms with E-state index in [4.69, 9.17) is 4.98 Å². The molecule has 1 unspecified atom stereocenters. The molecule has 0 bridgehead atoms. The molecule has 1 fully saturated rings. The number of nitrogens with zero attached hydrogens (tertiary/aromatic N) is 5. The van der Waals surface area contributed by atoms with Crippen molar-refractivity contribution in [2.24, 2.45) is 13.0 Å². The van der Waals surface area contributed by atoms with Crippen LogP contribution >= 0.6 is 0 Å². The van der Waals surface area contributed by atoms with Crippen molar-refractivity contribution in [3.8, 4) is 11.3 Å². The minimum Gasteiger partial charge on any atom is -0.272 e. The molecule has 0 N–H and O–H groups in total. The van der Waals surface area contributed by atoms with Crippen LogP contribution in [0.4, 0.5) is 0 Å². The molecule has 0 spiro atoms. The second-order valence-corrected chi connectivity index (χ2v) is 8.53. The summed E-state index contributed by atoms with van der Waals surface area (Å²) >= 11 is 0. The Morgan fingerprint density at radius 2 is 2.04 bits per heavy atom. The summed E-state index contributed by atoms with van der Waals surface area (Å²) < 4.78 is 26.7. The number of hydrogen-bond donors (Lipinski definition) is 0. The minimum atomic E-state index is -3.10. The molecule has 0 radical (unpaired) electrons. The Labute approximate surface area is 142 Å². The molecule has 2 aromatic rings. The summed E-state index contributed by atoms with van der Waals surface area (Å²) in [6, 6.07) is 0. The lowest BCUT2D eigenvalue weighted by atomic mass is 10.0. The number of hydrogen-bond acceptors (Lipinski definition) is 5. The Balaban J connectivity index is 1.80. The second-order valence-electron chi connectivity index (χ2n) is 6.54. The van der Waals surface area contributed by atoms with Gasteiger partial charge in [-0.2, -0.15) is 5.10 Å². The Kier molecular flexibility index (Phi) is 4.44. The predicted octanol–water partition coefficient (Wildman–Crippen LogP) is 1.32. The van der Waals surface area contributed by atoms with Crippen LogP contribution in [0.2, 0.25) is 0 Å². The van der Waals surface area contributed by atoms with Crippen molar-refractivity contribution in [3.05, 3.63) is 29.5 Å². The van der Waals surface area contributed by atoms with Crippen molar-refractivity contribution in [2.45, 2.75) is 26.7 Å². The van der Waals surface area contributed by atoms with Crippen LogP contribution < -0.4 is 0 Å². The standard InChI is InChI=1S/C16H23N5O2S/c1-11-16(12(2)20(3)19-11)15-9-17-8-14(18-15)7-13-5-6-21(10-13)24(4,22)23/h8-9,13H,5-7,10H2,1-4H3. The van der Waals surface area contributed by atoms with Gasteiger partial charge in [0.1, 0.15) is 0 Å². The highest BCUT2D eigenvalue weighted by Crippen LogP contribution is 2.26. The summed E-state index contributed by atoms with van der Waals surface area (Å²) in [4.78, 5) is 9.08. The second kappa shape index (κ2) is 6.25. The van der Waals surface area contributed by atoms with Crippen molar-refractivity contribution in [1.29, 1.82) is 0 Å². The first kappa shape index (κ1) is 17.0. The molecule has 1 atom stereocenters. The van der Waals surface area contributed by atoms with E-state index in [2.05, 4.69) is 10.1 Å². The van der Waals surface area contributed by atoms with Crippen molar-refractivity contribution in [3.63, 3.8) is 0 Å². The first-order chi connectivity index (χ1) is 11.3.